The molecule has 149 valence electrons. The van der Waals surface area contributed by atoms with E-state index < -0.39 is 10.0 Å². The van der Waals surface area contributed by atoms with Crippen molar-refractivity contribution >= 4 is 27.4 Å². The van der Waals surface area contributed by atoms with Crippen LogP contribution in [0.4, 0.5) is 16.2 Å². The van der Waals surface area contributed by atoms with Crippen LogP contribution in [0.5, 0.6) is 0 Å². The lowest BCUT2D eigenvalue weighted by Crippen LogP contribution is -2.46. The number of benzene rings is 1. The van der Waals surface area contributed by atoms with Gasteiger partial charge in [-0.3, -0.25) is 0 Å². The van der Waals surface area contributed by atoms with Crippen LogP contribution < -0.4 is 16.1 Å². The van der Waals surface area contributed by atoms with Crippen LogP contribution in [0.15, 0.2) is 24.3 Å². The molecule has 0 bridgehead atoms. The summed E-state index contributed by atoms with van der Waals surface area (Å²) >= 11 is 0. The highest BCUT2D eigenvalue weighted by Crippen LogP contribution is 2.32. The number of amides is 2. The summed E-state index contributed by atoms with van der Waals surface area (Å²) in [6.07, 6.45) is 6.27. The maximum Gasteiger partial charge on any atom is 0.315 e. The lowest BCUT2D eigenvalue weighted by molar-refractivity contribution is 0.179. The summed E-state index contributed by atoms with van der Waals surface area (Å²) < 4.78 is 24.2. The van der Waals surface area contributed by atoms with Gasteiger partial charge in [0, 0.05) is 38.4 Å². The lowest BCUT2D eigenvalue weighted by Gasteiger charge is -2.38. The fourth-order valence-corrected chi connectivity index (χ4v) is 4.17. The van der Waals surface area contributed by atoms with E-state index in [0.29, 0.717) is 5.92 Å². The Labute approximate surface area is 161 Å². The Morgan fingerprint density at radius 2 is 1.96 bits per heavy atom. The van der Waals surface area contributed by atoms with E-state index in [9.17, 15) is 13.2 Å². The van der Waals surface area contributed by atoms with E-state index in [1.165, 1.54) is 7.05 Å². The molecule has 0 aliphatic carbocycles. The molecule has 1 unspecified atom stereocenters. The molecule has 1 atom stereocenters. The number of likely N-dealkylation sites (tertiary alicyclic amines) is 1. The number of hydrogen-bond acceptors (Lipinski definition) is 5. The molecule has 2 aliphatic rings. The van der Waals surface area contributed by atoms with Crippen LogP contribution in [0.1, 0.15) is 19.3 Å². The standard InChI is InChI=1S/C18H28N5O3S/c1-21(27(2,25)26)20-15-5-3-6-16(13-15)22-11-8-14(9-12-22)17-7-4-10-23(17)18(19)24/h3,5-7,13-14,17,20H,4,8-12H2,1-2H3,(H2,19,24). The zero-order valence-corrected chi connectivity index (χ0v) is 16.7. The Kier molecular flexibility index (Phi) is 5.81. The summed E-state index contributed by atoms with van der Waals surface area (Å²) in [5.74, 6) is 0.439. The van der Waals surface area contributed by atoms with E-state index in [4.69, 9.17) is 5.73 Å². The summed E-state index contributed by atoms with van der Waals surface area (Å²) in [7, 11) is -1.82. The number of hydrazine groups is 1. The van der Waals surface area contributed by atoms with E-state index in [1.54, 1.807) is 4.90 Å². The molecule has 8 nitrogen and oxygen atoms in total. The Balaban J connectivity index is 1.61. The summed E-state index contributed by atoms with van der Waals surface area (Å²) in [5, 5.41) is 0. The number of primary amides is 1. The number of rotatable bonds is 5. The number of nitrogens with one attached hydrogen (secondary N) is 1. The Morgan fingerprint density at radius 1 is 1.26 bits per heavy atom. The van der Waals surface area contributed by atoms with Crippen molar-refractivity contribution < 1.29 is 13.2 Å². The first-order valence-corrected chi connectivity index (χ1v) is 11.1. The maximum absolute atomic E-state index is 11.6. The first-order chi connectivity index (χ1) is 12.8. The number of carbonyl (C=O) groups is 1. The first kappa shape index (κ1) is 19.8. The van der Waals surface area contributed by atoms with Gasteiger partial charge in [0.25, 0.3) is 0 Å². The zero-order chi connectivity index (χ0) is 19.6. The van der Waals surface area contributed by atoms with Crippen molar-refractivity contribution in [2.24, 2.45) is 11.7 Å². The normalized spacial score (nSPS) is 21.7. The van der Waals surface area contributed by atoms with Crippen LogP contribution in [0.25, 0.3) is 0 Å². The van der Waals surface area contributed by atoms with Crippen LogP contribution in [-0.4, -0.2) is 62.7 Å². The van der Waals surface area contributed by atoms with Crippen LogP contribution in [-0.2, 0) is 10.0 Å². The van der Waals surface area contributed by atoms with E-state index in [-0.39, 0.29) is 12.1 Å². The number of urea groups is 1. The topological polar surface area (TPSA) is 99.0 Å². The average molecular weight is 395 g/mol. The second-order valence-electron chi connectivity index (χ2n) is 7.26. The second kappa shape index (κ2) is 7.93. The zero-order valence-electron chi connectivity index (χ0n) is 15.8. The van der Waals surface area contributed by atoms with Gasteiger partial charge in [0.15, 0.2) is 0 Å². The van der Waals surface area contributed by atoms with E-state index in [2.05, 4.69) is 16.7 Å². The molecule has 1 aromatic rings. The van der Waals surface area contributed by atoms with Crippen molar-refractivity contribution in [3.63, 3.8) is 0 Å². The van der Waals surface area contributed by atoms with Crippen molar-refractivity contribution in [3.8, 4) is 0 Å². The van der Waals surface area contributed by atoms with Crippen LogP contribution in [0.3, 0.4) is 0 Å². The van der Waals surface area contributed by atoms with Gasteiger partial charge in [0.2, 0.25) is 10.0 Å². The molecule has 1 aromatic carbocycles. The molecule has 9 heteroatoms. The fraction of sp³-hybridized carbons (Fsp3) is 0.556. The highest BCUT2D eigenvalue weighted by Gasteiger charge is 2.35. The minimum atomic E-state index is -3.31. The molecule has 2 aliphatic heterocycles. The van der Waals surface area contributed by atoms with Gasteiger partial charge in [-0.1, -0.05) is 6.07 Å². The predicted molar refractivity (Wildman–Crippen MR) is 107 cm³/mol. The van der Waals surface area contributed by atoms with E-state index in [0.717, 1.165) is 60.9 Å². The monoisotopic (exact) mass is 394 g/mol. The molecule has 3 N–H and O–H groups in total. The molecule has 0 spiro atoms. The number of hydrogen-bond donors (Lipinski definition) is 2. The van der Waals surface area contributed by atoms with E-state index >= 15 is 0 Å². The molecule has 2 saturated heterocycles. The largest absolute Gasteiger partial charge is 0.371 e. The summed E-state index contributed by atoms with van der Waals surface area (Å²) in [5.41, 5.74) is 10.2. The molecule has 0 aromatic heterocycles. The number of sulfonamides is 1. The number of anilines is 2. The number of piperidine rings is 1. The Bertz CT molecular complexity index is 777. The molecule has 2 amide bonds. The average Bonchev–Trinajstić information content (AvgIpc) is 3.11. The SMILES string of the molecule is CN(Nc1cccc(N2CCC(C3[CH]CCN3C(N)=O)CC2)c1)S(C)(=O)=O. The first-order valence-electron chi connectivity index (χ1n) is 9.20. The van der Waals surface area contributed by atoms with Gasteiger partial charge in [0.1, 0.15) is 0 Å². The van der Waals surface area contributed by atoms with Gasteiger partial charge < -0.3 is 21.0 Å². The van der Waals surface area contributed by atoms with Crippen molar-refractivity contribution in [2.75, 3.05) is 43.3 Å². The molecular formula is C18H28N5O3S. The van der Waals surface area contributed by atoms with Gasteiger partial charge in [-0.15, -0.1) is 4.41 Å². The van der Waals surface area contributed by atoms with Crippen molar-refractivity contribution in [2.45, 2.75) is 25.3 Å². The van der Waals surface area contributed by atoms with Crippen molar-refractivity contribution in [3.05, 3.63) is 30.7 Å². The third-order valence-electron chi connectivity index (χ3n) is 5.44. The molecule has 27 heavy (non-hydrogen) atoms. The maximum atomic E-state index is 11.6. The molecular weight excluding hydrogens is 366 g/mol. The summed E-state index contributed by atoms with van der Waals surface area (Å²) in [4.78, 5) is 15.7. The molecule has 2 heterocycles. The van der Waals surface area contributed by atoms with Gasteiger partial charge in [-0.2, -0.15) is 0 Å². The third kappa shape index (κ3) is 4.65. The van der Waals surface area contributed by atoms with Gasteiger partial charge in [-0.05, 0) is 49.8 Å². The number of nitrogens with zero attached hydrogens (tertiary/aromatic N) is 3. The van der Waals surface area contributed by atoms with E-state index in [1.807, 2.05) is 24.3 Å². The van der Waals surface area contributed by atoms with Crippen molar-refractivity contribution in [1.82, 2.24) is 9.31 Å². The summed E-state index contributed by atoms with van der Waals surface area (Å²) in [6, 6.07) is 7.57. The smallest absolute Gasteiger partial charge is 0.315 e. The Morgan fingerprint density at radius 3 is 2.59 bits per heavy atom. The molecule has 1 radical (unpaired) electrons. The van der Waals surface area contributed by atoms with Gasteiger partial charge in [-0.25, -0.2) is 13.2 Å². The third-order valence-corrected chi connectivity index (χ3v) is 6.53. The number of nitrogens with two attached hydrogens (primary N) is 1. The van der Waals surface area contributed by atoms with Crippen molar-refractivity contribution in [1.29, 1.82) is 0 Å². The predicted octanol–water partition coefficient (Wildman–Crippen LogP) is 1.48. The number of carbonyl (C=O) groups excluding carboxylic acids is 1. The molecule has 0 saturated carbocycles. The second-order valence-corrected chi connectivity index (χ2v) is 9.28. The minimum absolute atomic E-state index is 0.154. The highest BCUT2D eigenvalue weighted by atomic mass is 32.2. The molecule has 3 rings (SSSR count). The lowest BCUT2D eigenvalue weighted by atomic mass is 9.88. The quantitative estimate of drug-likeness (QED) is 0.737. The van der Waals surface area contributed by atoms with Gasteiger partial charge >= 0.3 is 6.03 Å². The minimum Gasteiger partial charge on any atom is -0.371 e. The Hall–Kier alpha value is -2.00. The van der Waals surface area contributed by atoms with Crippen LogP contribution in [0.2, 0.25) is 0 Å². The van der Waals surface area contributed by atoms with Crippen LogP contribution in [0, 0.1) is 12.3 Å². The molecule has 2 fully saturated rings. The van der Waals surface area contributed by atoms with Gasteiger partial charge in [0.05, 0.1) is 11.9 Å². The fourth-order valence-electron chi connectivity index (χ4n) is 3.90. The van der Waals surface area contributed by atoms with Crippen LogP contribution >= 0.6 is 0 Å². The summed E-state index contributed by atoms with van der Waals surface area (Å²) in [6.45, 7) is 2.52. The highest BCUT2D eigenvalue weighted by molar-refractivity contribution is 7.88.